The van der Waals surface area contributed by atoms with E-state index in [2.05, 4.69) is 11.0 Å². The lowest BCUT2D eigenvalue weighted by atomic mass is 9.78. The number of halogens is 1. The molecule has 3 aromatic carbocycles. The monoisotopic (exact) mass is 625 g/mol. The Morgan fingerprint density at radius 2 is 1.56 bits per heavy atom. The molecule has 0 N–H and O–H groups in total. The quantitative estimate of drug-likeness (QED) is 0.272. The van der Waals surface area contributed by atoms with Crippen molar-refractivity contribution >= 4 is 25.5 Å². The molecular formula is C34H40FNO5S2. The lowest BCUT2D eigenvalue weighted by Gasteiger charge is -2.28. The second-order valence-electron chi connectivity index (χ2n) is 12.3. The molecule has 0 amide bonds. The molecule has 0 aromatic heterocycles. The first-order valence-corrected chi connectivity index (χ1v) is 18.6. The molecular weight excluding hydrogens is 586 g/mol. The van der Waals surface area contributed by atoms with Crippen LogP contribution >= 0.6 is 0 Å². The molecule has 1 saturated carbocycles. The smallest absolute Gasteiger partial charge is 0.178 e. The molecule has 2 aliphatic rings. The third-order valence-electron chi connectivity index (χ3n) is 9.02. The first kappa shape index (κ1) is 31.5. The van der Waals surface area contributed by atoms with Crippen LogP contribution in [0.5, 0.6) is 0 Å². The van der Waals surface area contributed by atoms with Gasteiger partial charge >= 0.3 is 0 Å². The molecule has 0 spiro atoms. The van der Waals surface area contributed by atoms with Gasteiger partial charge in [-0.25, -0.2) is 21.2 Å². The summed E-state index contributed by atoms with van der Waals surface area (Å²) in [6.07, 6.45) is 3.26. The number of hydrogen-bond donors (Lipinski definition) is 0. The standard InChI is InChI=1S/C34H40FNO5S2/c1-25(28-9-13-32(35)14-10-28)21-34(37)30-7-5-26(6-8-30)24-43(40,41)33-15-11-29(12-16-33)31-4-2-3-27(22-31)23-36-17-19-42(38,39)20-18-36/h2-4,9-16,22,25-26,30H,5-8,17-21,23-24H2,1H3/t25-,26?,30?/m0/s1. The molecule has 0 radical (unpaired) electrons. The van der Waals surface area contributed by atoms with Gasteiger partial charge < -0.3 is 0 Å². The molecule has 1 heterocycles. The summed E-state index contributed by atoms with van der Waals surface area (Å²) in [6.45, 7) is 3.73. The fraction of sp³-hybridized carbons (Fsp3) is 0.441. The van der Waals surface area contributed by atoms with Crippen LogP contribution < -0.4 is 0 Å². The summed E-state index contributed by atoms with van der Waals surface area (Å²) in [4.78, 5) is 15.4. The van der Waals surface area contributed by atoms with Crippen LogP contribution in [0.4, 0.5) is 4.39 Å². The number of hydrogen-bond acceptors (Lipinski definition) is 6. The summed E-state index contributed by atoms with van der Waals surface area (Å²) in [5.74, 6) is 0.406. The fourth-order valence-electron chi connectivity index (χ4n) is 6.31. The minimum atomic E-state index is -3.46. The summed E-state index contributed by atoms with van der Waals surface area (Å²) in [6, 6.07) is 21.4. The van der Waals surface area contributed by atoms with Crippen molar-refractivity contribution < 1.29 is 26.0 Å². The first-order chi connectivity index (χ1) is 20.5. The van der Waals surface area contributed by atoms with Gasteiger partial charge in [0.2, 0.25) is 0 Å². The number of sulfone groups is 2. The summed E-state index contributed by atoms with van der Waals surface area (Å²) in [5.41, 5.74) is 3.96. The Bertz CT molecular complexity index is 1610. The fourth-order valence-corrected chi connectivity index (χ4v) is 9.28. The van der Waals surface area contributed by atoms with E-state index in [1.807, 2.05) is 37.3 Å². The molecule has 43 heavy (non-hydrogen) atoms. The van der Waals surface area contributed by atoms with E-state index < -0.39 is 19.7 Å². The van der Waals surface area contributed by atoms with E-state index in [0.717, 1.165) is 22.3 Å². The maximum Gasteiger partial charge on any atom is 0.178 e. The van der Waals surface area contributed by atoms with Crippen LogP contribution in [0, 0.1) is 17.7 Å². The number of Topliss-reactive ketones (excluding diaryl/α,β-unsaturated/α-hetero) is 1. The largest absolute Gasteiger partial charge is 0.299 e. The van der Waals surface area contributed by atoms with Crippen molar-refractivity contribution in [2.75, 3.05) is 30.3 Å². The van der Waals surface area contributed by atoms with Crippen molar-refractivity contribution in [3.05, 3.63) is 89.7 Å². The van der Waals surface area contributed by atoms with E-state index >= 15 is 0 Å². The van der Waals surface area contributed by atoms with E-state index in [1.54, 1.807) is 24.3 Å². The molecule has 9 heteroatoms. The maximum atomic E-state index is 13.3. The van der Waals surface area contributed by atoms with Gasteiger partial charge in [0.25, 0.3) is 0 Å². The zero-order valence-corrected chi connectivity index (χ0v) is 26.3. The van der Waals surface area contributed by atoms with Gasteiger partial charge in [0, 0.05) is 32.0 Å². The Hall–Kier alpha value is -2.88. The number of carbonyl (C=O) groups is 1. The van der Waals surface area contributed by atoms with Crippen LogP contribution in [0.2, 0.25) is 0 Å². The van der Waals surface area contributed by atoms with Crippen molar-refractivity contribution in [3.8, 4) is 11.1 Å². The second kappa shape index (κ2) is 13.4. The van der Waals surface area contributed by atoms with Gasteiger partial charge in [-0.2, -0.15) is 0 Å². The van der Waals surface area contributed by atoms with E-state index in [1.165, 1.54) is 12.1 Å². The summed E-state index contributed by atoms with van der Waals surface area (Å²) >= 11 is 0. The first-order valence-electron chi connectivity index (χ1n) is 15.1. The van der Waals surface area contributed by atoms with Gasteiger partial charge in [-0.1, -0.05) is 49.4 Å². The van der Waals surface area contributed by atoms with Gasteiger partial charge in [0.05, 0.1) is 22.2 Å². The molecule has 6 nitrogen and oxygen atoms in total. The zero-order valence-electron chi connectivity index (χ0n) is 24.6. The minimum absolute atomic E-state index is 0.0208. The number of rotatable bonds is 10. The van der Waals surface area contributed by atoms with Crippen molar-refractivity contribution in [2.24, 2.45) is 11.8 Å². The number of ketones is 1. The summed E-state index contributed by atoms with van der Waals surface area (Å²) in [7, 11) is -6.38. The number of carbonyl (C=O) groups excluding carboxylic acids is 1. The highest BCUT2D eigenvalue weighted by Crippen LogP contribution is 2.34. The average Bonchev–Trinajstić information content (AvgIpc) is 2.99. The highest BCUT2D eigenvalue weighted by Gasteiger charge is 2.30. The average molecular weight is 626 g/mol. The molecule has 0 unspecified atom stereocenters. The molecule has 230 valence electrons. The Balaban J connectivity index is 1.13. The molecule has 0 bridgehead atoms. The highest BCUT2D eigenvalue weighted by molar-refractivity contribution is 7.91. The molecule has 1 saturated heterocycles. The second-order valence-corrected chi connectivity index (χ2v) is 16.6. The van der Waals surface area contributed by atoms with Gasteiger partial charge in [0.1, 0.15) is 11.6 Å². The Kier molecular flexibility index (Phi) is 9.83. The Labute approximate surface area is 255 Å². The lowest BCUT2D eigenvalue weighted by molar-refractivity contribution is -0.124. The van der Waals surface area contributed by atoms with Crippen molar-refractivity contribution in [2.45, 2.75) is 56.4 Å². The van der Waals surface area contributed by atoms with E-state index in [-0.39, 0.29) is 46.6 Å². The molecule has 1 aliphatic carbocycles. The van der Waals surface area contributed by atoms with E-state index in [4.69, 9.17) is 0 Å². The third-order valence-corrected chi connectivity index (χ3v) is 12.5. The topological polar surface area (TPSA) is 88.6 Å². The van der Waals surface area contributed by atoms with Crippen LogP contribution in [-0.2, 0) is 31.0 Å². The van der Waals surface area contributed by atoms with Gasteiger partial charge in [-0.05, 0) is 90.1 Å². The SMILES string of the molecule is C[C@@H](CC(=O)C1CCC(CS(=O)(=O)c2ccc(-c3cccc(CN4CCS(=O)(=O)CC4)c3)cc2)CC1)c1ccc(F)cc1. The number of nitrogens with zero attached hydrogens (tertiary/aromatic N) is 1. The van der Waals surface area contributed by atoms with Gasteiger partial charge in [0.15, 0.2) is 19.7 Å². The molecule has 3 aromatic rings. The maximum absolute atomic E-state index is 13.3. The van der Waals surface area contributed by atoms with Crippen LogP contribution in [0.1, 0.15) is 56.1 Å². The van der Waals surface area contributed by atoms with Crippen LogP contribution in [0.25, 0.3) is 11.1 Å². The normalized spacial score (nSPS) is 21.7. The van der Waals surface area contributed by atoms with Gasteiger partial charge in [-0.3, -0.25) is 9.69 Å². The Morgan fingerprint density at radius 1 is 0.907 bits per heavy atom. The van der Waals surface area contributed by atoms with Crippen molar-refractivity contribution in [1.29, 1.82) is 0 Å². The van der Waals surface area contributed by atoms with E-state index in [9.17, 15) is 26.0 Å². The molecule has 1 atom stereocenters. The number of benzene rings is 3. The van der Waals surface area contributed by atoms with E-state index in [0.29, 0.717) is 56.6 Å². The van der Waals surface area contributed by atoms with Crippen LogP contribution in [0.15, 0.2) is 77.7 Å². The predicted molar refractivity (Wildman–Crippen MR) is 168 cm³/mol. The lowest BCUT2D eigenvalue weighted by Crippen LogP contribution is -2.39. The molecule has 1 aliphatic heterocycles. The van der Waals surface area contributed by atoms with Crippen LogP contribution in [0.3, 0.4) is 0 Å². The predicted octanol–water partition coefficient (Wildman–Crippen LogP) is 6.07. The minimum Gasteiger partial charge on any atom is -0.299 e. The van der Waals surface area contributed by atoms with Crippen molar-refractivity contribution in [1.82, 2.24) is 4.90 Å². The van der Waals surface area contributed by atoms with Crippen LogP contribution in [-0.4, -0.2) is 57.9 Å². The Morgan fingerprint density at radius 3 is 2.21 bits per heavy atom. The molecule has 2 fully saturated rings. The zero-order chi connectivity index (χ0) is 30.6. The third kappa shape index (κ3) is 8.40. The van der Waals surface area contributed by atoms with Crippen molar-refractivity contribution in [3.63, 3.8) is 0 Å². The van der Waals surface area contributed by atoms with Gasteiger partial charge in [-0.15, -0.1) is 0 Å². The summed E-state index contributed by atoms with van der Waals surface area (Å²) in [5, 5.41) is 0. The summed E-state index contributed by atoms with van der Waals surface area (Å²) < 4.78 is 63.2. The molecule has 5 rings (SSSR count). The highest BCUT2D eigenvalue weighted by atomic mass is 32.2.